The number of aliphatic hydroxyl groups is 1. The highest BCUT2D eigenvalue weighted by Crippen LogP contribution is 2.55. The molecule has 1 aromatic carbocycles. The van der Waals surface area contributed by atoms with Crippen molar-refractivity contribution in [2.75, 3.05) is 19.8 Å². The highest BCUT2D eigenvalue weighted by atomic mass is 16.7. The minimum absolute atomic E-state index is 0.0812. The van der Waals surface area contributed by atoms with E-state index in [-0.39, 0.29) is 18.0 Å². The highest BCUT2D eigenvalue weighted by Gasteiger charge is 2.57. The number of fused-ring (bicyclic) bond motifs is 1. The van der Waals surface area contributed by atoms with Gasteiger partial charge in [-0.1, -0.05) is 49.6 Å². The number of rotatable bonds is 10. The second kappa shape index (κ2) is 10.8. The number of allylic oxidation sites excluding steroid dienone is 1. The van der Waals surface area contributed by atoms with Crippen LogP contribution in [0.1, 0.15) is 68.1 Å². The largest absolute Gasteiger partial charge is 0.458 e. The number of carbonyl (C=O) groups excluding carboxylic acids is 1. The summed E-state index contributed by atoms with van der Waals surface area (Å²) in [6.07, 6.45) is 13.8. The highest BCUT2D eigenvalue weighted by molar-refractivity contribution is 5.89. The Kier molecular flexibility index (Phi) is 7.81. The van der Waals surface area contributed by atoms with E-state index < -0.39 is 5.79 Å². The number of ether oxygens (including phenoxy) is 3. The SMILES string of the molecule is O=C(O[C@@H]1C[C@@H]2CC3(C[C@@H]2[C@H]1C=CCCCCCCCO)OCCO3)c1ccccc1. The van der Waals surface area contributed by atoms with Crippen LogP contribution < -0.4 is 0 Å². The first kappa shape index (κ1) is 22.5. The van der Waals surface area contributed by atoms with E-state index in [2.05, 4.69) is 12.2 Å². The molecule has 1 N–H and O–H groups in total. The molecule has 5 heteroatoms. The number of aliphatic hydroxyl groups excluding tert-OH is 1. The summed E-state index contributed by atoms with van der Waals surface area (Å²) in [5, 5.41) is 8.87. The van der Waals surface area contributed by atoms with E-state index in [1.807, 2.05) is 30.3 Å². The first-order valence-corrected chi connectivity index (χ1v) is 12.0. The Bertz CT molecular complexity index is 725. The van der Waals surface area contributed by atoms with Crippen molar-refractivity contribution >= 4 is 5.97 Å². The summed E-state index contributed by atoms with van der Waals surface area (Å²) in [6.45, 7) is 1.66. The number of esters is 1. The van der Waals surface area contributed by atoms with Gasteiger partial charge in [-0.3, -0.25) is 0 Å². The molecule has 4 rings (SSSR count). The van der Waals surface area contributed by atoms with Crippen molar-refractivity contribution in [2.45, 2.75) is 69.7 Å². The molecule has 31 heavy (non-hydrogen) atoms. The van der Waals surface area contributed by atoms with Gasteiger partial charge in [-0.05, 0) is 49.7 Å². The molecule has 3 fully saturated rings. The molecule has 0 amide bonds. The standard InChI is InChI=1S/C26H36O5/c27-14-10-5-3-1-2-4-9-13-22-23-19-26(29-15-16-30-26)18-21(23)17-24(22)31-25(28)20-11-7-6-8-12-20/h6-9,11-13,21-24,27H,1-5,10,14-19H2/t21-,22-,23+,24-/m1/s1. The average molecular weight is 429 g/mol. The van der Waals surface area contributed by atoms with Gasteiger partial charge in [0, 0.05) is 25.4 Å². The van der Waals surface area contributed by atoms with Gasteiger partial charge < -0.3 is 19.3 Å². The van der Waals surface area contributed by atoms with Crippen molar-refractivity contribution in [1.29, 1.82) is 0 Å². The van der Waals surface area contributed by atoms with Gasteiger partial charge in [0.1, 0.15) is 6.10 Å². The molecule has 0 radical (unpaired) electrons. The number of benzene rings is 1. The Balaban J connectivity index is 1.36. The lowest BCUT2D eigenvalue weighted by Crippen LogP contribution is -2.31. The molecule has 1 spiro atoms. The molecule has 2 aliphatic carbocycles. The van der Waals surface area contributed by atoms with Crippen LogP contribution >= 0.6 is 0 Å². The van der Waals surface area contributed by atoms with Crippen molar-refractivity contribution in [2.24, 2.45) is 17.8 Å². The summed E-state index contributed by atoms with van der Waals surface area (Å²) in [6, 6.07) is 9.28. The van der Waals surface area contributed by atoms with Crippen molar-refractivity contribution in [3.63, 3.8) is 0 Å². The molecular weight excluding hydrogens is 392 g/mol. The van der Waals surface area contributed by atoms with Crippen molar-refractivity contribution in [3.05, 3.63) is 48.0 Å². The van der Waals surface area contributed by atoms with Crippen LogP contribution in [-0.4, -0.2) is 42.8 Å². The van der Waals surface area contributed by atoms with E-state index in [0.717, 1.165) is 44.9 Å². The fourth-order valence-corrected chi connectivity index (χ4v) is 5.66. The predicted molar refractivity (Wildman–Crippen MR) is 119 cm³/mol. The first-order chi connectivity index (χ1) is 15.2. The first-order valence-electron chi connectivity index (χ1n) is 12.0. The summed E-state index contributed by atoms with van der Waals surface area (Å²) < 4.78 is 18.0. The second-order valence-corrected chi connectivity index (χ2v) is 9.27. The molecule has 1 aliphatic heterocycles. The Hall–Kier alpha value is -1.69. The summed E-state index contributed by atoms with van der Waals surface area (Å²) in [4.78, 5) is 12.7. The van der Waals surface area contributed by atoms with Crippen LogP contribution in [0.5, 0.6) is 0 Å². The van der Waals surface area contributed by atoms with Gasteiger partial charge in [0.25, 0.3) is 0 Å². The minimum Gasteiger partial charge on any atom is -0.458 e. The zero-order valence-electron chi connectivity index (χ0n) is 18.4. The maximum atomic E-state index is 12.7. The number of carbonyl (C=O) groups is 1. The third kappa shape index (κ3) is 5.57. The smallest absolute Gasteiger partial charge is 0.338 e. The zero-order valence-corrected chi connectivity index (χ0v) is 18.4. The van der Waals surface area contributed by atoms with E-state index in [1.165, 1.54) is 12.8 Å². The van der Waals surface area contributed by atoms with Gasteiger partial charge >= 0.3 is 5.97 Å². The summed E-state index contributed by atoms with van der Waals surface area (Å²) in [7, 11) is 0. The van der Waals surface area contributed by atoms with Gasteiger partial charge in [-0.15, -0.1) is 0 Å². The van der Waals surface area contributed by atoms with Crippen LogP contribution in [-0.2, 0) is 14.2 Å². The lowest BCUT2D eigenvalue weighted by atomic mass is 9.90. The van der Waals surface area contributed by atoms with Crippen LogP contribution in [0.2, 0.25) is 0 Å². The quantitative estimate of drug-likeness (QED) is 0.327. The normalized spacial score (nSPS) is 29.1. The van der Waals surface area contributed by atoms with Gasteiger partial charge in [0.15, 0.2) is 5.79 Å². The van der Waals surface area contributed by atoms with Crippen LogP contribution in [0.15, 0.2) is 42.5 Å². The molecule has 0 bridgehead atoms. The van der Waals surface area contributed by atoms with E-state index in [9.17, 15) is 4.79 Å². The summed E-state index contributed by atoms with van der Waals surface area (Å²) >= 11 is 0. The van der Waals surface area contributed by atoms with Gasteiger partial charge in [0.2, 0.25) is 0 Å². The molecular formula is C26H36O5. The van der Waals surface area contributed by atoms with E-state index >= 15 is 0 Å². The van der Waals surface area contributed by atoms with Crippen LogP contribution in [0.4, 0.5) is 0 Å². The lowest BCUT2D eigenvalue weighted by Gasteiger charge is -2.26. The van der Waals surface area contributed by atoms with Crippen molar-refractivity contribution in [1.82, 2.24) is 0 Å². The number of unbranched alkanes of at least 4 members (excludes halogenated alkanes) is 5. The summed E-state index contributed by atoms with van der Waals surface area (Å²) in [5.74, 6) is 0.505. The molecule has 2 saturated carbocycles. The number of hydrogen-bond donors (Lipinski definition) is 1. The summed E-state index contributed by atoms with van der Waals surface area (Å²) in [5.41, 5.74) is 0.615. The zero-order chi connectivity index (χ0) is 21.5. The molecule has 1 heterocycles. The van der Waals surface area contributed by atoms with Gasteiger partial charge in [0.05, 0.1) is 18.8 Å². The Morgan fingerprint density at radius 2 is 1.81 bits per heavy atom. The third-order valence-electron chi connectivity index (χ3n) is 7.15. The topological polar surface area (TPSA) is 65.0 Å². The van der Waals surface area contributed by atoms with Gasteiger partial charge in [-0.25, -0.2) is 4.79 Å². The minimum atomic E-state index is -0.400. The van der Waals surface area contributed by atoms with E-state index in [0.29, 0.717) is 37.2 Å². The molecule has 4 atom stereocenters. The maximum Gasteiger partial charge on any atom is 0.338 e. The predicted octanol–water partition coefficient (Wildman–Crippen LogP) is 4.89. The molecule has 0 unspecified atom stereocenters. The molecule has 5 nitrogen and oxygen atoms in total. The molecule has 0 aromatic heterocycles. The number of hydrogen-bond acceptors (Lipinski definition) is 5. The fourth-order valence-electron chi connectivity index (χ4n) is 5.66. The average Bonchev–Trinajstić information content (AvgIpc) is 3.47. The van der Waals surface area contributed by atoms with Crippen LogP contribution in [0, 0.1) is 17.8 Å². The molecule has 170 valence electrons. The van der Waals surface area contributed by atoms with Crippen LogP contribution in [0.25, 0.3) is 0 Å². The van der Waals surface area contributed by atoms with Crippen molar-refractivity contribution < 1.29 is 24.1 Å². The Morgan fingerprint density at radius 1 is 1.06 bits per heavy atom. The molecule has 1 aromatic rings. The Morgan fingerprint density at radius 3 is 2.58 bits per heavy atom. The lowest BCUT2D eigenvalue weighted by molar-refractivity contribution is -0.157. The maximum absolute atomic E-state index is 12.7. The van der Waals surface area contributed by atoms with Crippen LogP contribution in [0.3, 0.4) is 0 Å². The molecule has 3 aliphatic rings. The third-order valence-corrected chi connectivity index (χ3v) is 7.15. The Labute approximate surface area is 185 Å². The van der Waals surface area contributed by atoms with E-state index in [4.69, 9.17) is 19.3 Å². The second-order valence-electron chi connectivity index (χ2n) is 9.27. The molecule has 1 saturated heterocycles. The fraction of sp³-hybridized carbons (Fsp3) is 0.654. The van der Waals surface area contributed by atoms with E-state index in [1.54, 1.807) is 0 Å². The van der Waals surface area contributed by atoms with Crippen molar-refractivity contribution in [3.8, 4) is 0 Å². The van der Waals surface area contributed by atoms with Gasteiger partial charge in [-0.2, -0.15) is 0 Å². The monoisotopic (exact) mass is 428 g/mol.